The van der Waals surface area contributed by atoms with Crippen molar-refractivity contribution in [2.75, 3.05) is 42.9 Å². The highest BCUT2D eigenvalue weighted by molar-refractivity contribution is 7.13. The van der Waals surface area contributed by atoms with E-state index in [0.717, 1.165) is 32.0 Å². The summed E-state index contributed by atoms with van der Waals surface area (Å²) < 4.78 is 0. The van der Waals surface area contributed by atoms with Gasteiger partial charge < -0.3 is 10.2 Å². The standard InChI is InChI=1S/C13H16N6OS/c20-12(17-13-16-3-8-21-13)10-18-4-6-19(7-5-18)11-9-14-1-2-15-11/h1-3,8-9H,4-7,10H2,(H,16,17,20). The minimum Gasteiger partial charge on any atom is -0.353 e. The first-order chi connectivity index (χ1) is 10.3. The monoisotopic (exact) mass is 304 g/mol. The van der Waals surface area contributed by atoms with Gasteiger partial charge in [0.05, 0.1) is 12.7 Å². The fourth-order valence-electron chi connectivity index (χ4n) is 2.24. The number of nitrogens with zero attached hydrogens (tertiary/aromatic N) is 5. The molecule has 1 saturated heterocycles. The molecule has 1 amide bonds. The Hall–Kier alpha value is -2.06. The molecule has 0 spiro atoms. The van der Waals surface area contributed by atoms with Crippen LogP contribution in [-0.4, -0.2) is 58.5 Å². The average molecular weight is 304 g/mol. The van der Waals surface area contributed by atoms with E-state index in [1.807, 2.05) is 5.38 Å². The lowest BCUT2D eigenvalue weighted by Gasteiger charge is -2.34. The number of hydrogen-bond donors (Lipinski definition) is 1. The van der Waals surface area contributed by atoms with Crippen LogP contribution in [-0.2, 0) is 4.79 Å². The molecule has 0 atom stereocenters. The topological polar surface area (TPSA) is 74.2 Å². The molecule has 1 aliphatic heterocycles. The molecule has 3 heterocycles. The van der Waals surface area contributed by atoms with Crippen molar-refractivity contribution in [3.63, 3.8) is 0 Å². The van der Waals surface area contributed by atoms with E-state index >= 15 is 0 Å². The zero-order valence-electron chi connectivity index (χ0n) is 11.5. The Morgan fingerprint density at radius 1 is 1.19 bits per heavy atom. The first kappa shape index (κ1) is 13.9. The summed E-state index contributed by atoms with van der Waals surface area (Å²) in [6.07, 6.45) is 6.82. The highest BCUT2D eigenvalue weighted by atomic mass is 32.1. The SMILES string of the molecule is O=C(CN1CCN(c2cnccn2)CC1)Nc1nccs1. The van der Waals surface area contributed by atoms with Crippen LogP contribution in [0.4, 0.5) is 10.9 Å². The van der Waals surface area contributed by atoms with Crippen LogP contribution in [0.25, 0.3) is 0 Å². The van der Waals surface area contributed by atoms with Crippen LogP contribution in [0, 0.1) is 0 Å². The van der Waals surface area contributed by atoms with Crippen LogP contribution < -0.4 is 10.2 Å². The summed E-state index contributed by atoms with van der Waals surface area (Å²) in [4.78, 5) is 28.6. The summed E-state index contributed by atoms with van der Waals surface area (Å²) in [6.45, 7) is 3.77. The van der Waals surface area contributed by atoms with Crippen molar-refractivity contribution in [2.45, 2.75) is 0 Å². The van der Waals surface area contributed by atoms with Crippen LogP contribution in [0.2, 0.25) is 0 Å². The van der Waals surface area contributed by atoms with E-state index in [-0.39, 0.29) is 5.91 Å². The number of piperazine rings is 1. The van der Waals surface area contributed by atoms with Gasteiger partial charge in [-0.2, -0.15) is 0 Å². The predicted octanol–water partition coefficient (Wildman–Crippen LogP) is 0.694. The first-order valence-corrected chi connectivity index (χ1v) is 7.62. The highest BCUT2D eigenvalue weighted by Crippen LogP contribution is 2.12. The number of nitrogens with one attached hydrogen (secondary N) is 1. The van der Waals surface area contributed by atoms with Crippen LogP contribution in [0.5, 0.6) is 0 Å². The third-order valence-electron chi connectivity index (χ3n) is 3.29. The summed E-state index contributed by atoms with van der Waals surface area (Å²) in [7, 11) is 0. The molecule has 7 nitrogen and oxygen atoms in total. The van der Waals surface area contributed by atoms with Crippen molar-refractivity contribution in [1.29, 1.82) is 0 Å². The smallest absolute Gasteiger partial charge is 0.240 e. The number of amides is 1. The Balaban J connectivity index is 1.46. The van der Waals surface area contributed by atoms with Crippen molar-refractivity contribution >= 4 is 28.2 Å². The van der Waals surface area contributed by atoms with Gasteiger partial charge in [0.15, 0.2) is 5.13 Å². The minimum atomic E-state index is -0.0158. The Morgan fingerprint density at radius 2 is 2.05 bits per heavy atom. The molecule has 1 fully saturated rings. The lowest BCUT2D eigenvalue weighted by atomic mass is 10.3. The van der Waals surface area contributed by atoms with E-state index < -0.39 is 0 Å². The van der Waals surface area contributed by atoms with Crippen LogP contribution in [0.1, 0.15) is 0 Å². The number of hydrogen-bond acceptors (Lipinski definition) is 7. The number of carbonyl (C=O) groups is 1. The third-order valence-corrected chi connectivity index (χ3v) is 3.98. The molecule has 0 radical (unpaired) electrons. The first-order valence-electron chi connectivity index (χ1n) is 6.74. The van der Waals surface area contributed by atoms with Gasteiger partial charge in [0.25, 0.3) is 0 Å². The number of aromatic nitrogens is 3. The highest BCUT2D eigenvalue weighted by Gasteiger charge is 2.20. The summed E-state index contributed by atoms with van der Waals surface area (Å²) in [5.74, 6) is 0.877. The molecule has 8 heteroatoms. The summed E-state index contributed by atoms with van der Waals surface area (Å²) in [5.41, 5.74) is 0. The fourth-order valence-corrected chi connectivity index (χ4v) is 2.78. The third kappa shape index (κ3) is 3.73. The second kappa shape index (κ2) is 6.59. The Bertz CT molecular complexity index is 568. The van der Waals surface area contributed by atoms with Gasteiger partial charge in [-0.25, -0.2) is 9.97 Å². The summed E-state index contributed by atoms with van der Waals surface area (Å²) in [6, 6.07) is 0. The summed E-state index contributed by atoms with van der Waals surface area (Å²) in [5, 5.41) is 5.30. The molecule has 0 aromatic carbocycles. The molecule has 3 rings (SSSR count). The normalized spacial score (nSPS) is 15.9. The van der Waals surface area contributed by atoms with E-state index in [9.17, 15) is 4.79 Å². The van der Waals surface area contributed by atoms with E-state index in [1.165, 1.54) is 11.3 Å². The van der Waals surface area contributed by atoms with Crippen LogP contribution in [0.15, 0.2) is 30.2 Å². The lowest BCUT2D eigenvalue weighted by molar-refractivity contribution is -0.117. The van der Waals surface area contributed by atoms with Crippen molar-refractivity contribution in [1.82, 2.24) is 19.9 Å². The van der Waals surface area contributed by atoms with Gasteiger partial charge in [0.1, 0.15) is 5.82 Å². The van der Waals surface area contributed by atoms with E-state index in [0.29, 0.717) is 11.7 Å². The Morgan fingerprint density at radius 3 is 2.71 bits per heavy atom. The average Bonchev–Trinajstić information content (AvgIpc) is 3.02. The molecule has 0 unspecified atom stereocenters. The van der Waals surface area contributed by atoms with Crippen molar-refractivity contribution in [3.8, 4) is 0 Å². The maximum atomic E-state index is 11.9. The fraction of sp³-hybridized carbons (Fsp3) is 0.385. The molecule has 1 aliphatic rings. The maximum Gasteiger partial charge on any atom is 0.240 e. The molecule has 21 heavy (non-hydrogen) atoms. The van der Waals surface area contributed by atoms with E-state index in [4.69, 9.17) is 0 Å². The maximum absolute atomic E-state index is 11.9. The molecule has 0 aliphatic carbocycles. The number of anilines is 2. The molecular formula is C13H16N6OS. The van der Waals surface area contributed by atoms with E-state index in [1.54, 1.807) is 24.8 Å². The largest absolute Gasteiger partial charge is 0.353 e. The quantitative estimate of drug-likeness (QED) is 0.896. The van der Waals surface area contributed by atoms with Gasteiger partial charge in [0, 0.05) is 50.1 Å². The predicted molar refractivity (Wildman–Crippen MR) is 81.4 cm³/mol. The number of carbonyl (C=O) groups excluding carboxylic acids is 1. The molecule has 0 bridgehead atoms. The number of thiazole rings is 1. The van der Waals surface area contributed by atoms with Crippen LogP contribution >= 0.6 is 11.3 Å². The van der Waals surface area contributed by atoms with Gasteiger partial charge in [-0.15, -0.1) is 11.3 Å². The lowest BCUT2D eigenvalue weighted by Crippen LogP contribution is -2.48. The van der Waals surface area contributed by atoms with Crippen LogP contribution in [0.3, 0.4) is 0 Å². The van der Waals surface area contributed by atoms with E-state index in [2.05, 4.69) is 30.1 Å². The molecule has 0 saturated carbocycles. The molecule has 110 valence electrons. The molecule has 2 aromatic rings. The van der Waals surface area contributed by atoms with Gasteiger partial charge in [-0.3, -0.25) is 14.7 Å². The van der Waals surface area contributed by atoms with Crippen molar-refractivity contribution < 1.29 is 4.79 Å². The summed E-state index contributed by atoms with van der Waals surface area (Å²) >= 11 is 1.43. The van der Waals surface area contributed by atoms with Crippen molar-refractivity contribution in [3.05, 3.63) is 30.2 Å². The second-order valence-corrected chi connectivity index (χ2v) is 5.61. The van der Waals surface area contributed by atoms with Gasteiger partial charge in [0.2, 0.25) is 5.91 Å². The van der Waals surface area contributed by atoms with Gasteiger partial charge in [-0.1, -0.05) is 0 Å². The Labute approximate surface area is 126 Å². The van der Waals surface area contributed by atoms with Crippen molar-refractivity contribution in [2.24, 2.45) is 0 Å². The zero-order chi connectivity index (χ0) is 14.5. The Kier molecular flexibility index (Phi) is 4.37. The van der Waals surface area contributed by atoms with Gasteiger partial charge >= 0.3 is 0 Å². The molecule has 1 N–H and O–H groups in total. The van der Waals surface area contributed by atoms with Gasteiger partial charge in [-0.05, 0) is 0 Å². The number of rotatable bonds is 4. The molecular weight excluding hydrogens is 288 g/mol. The second-order valence-electron chi connectivity index (χ2n) is 4.71. The molecule has 2 aromatic heterocycles. The zero-order valence-corrected chi connectivity index (χ0v) is 12.3. The minimum absolute atomic E-state index is 0.0158.